The van der Waals surface area contributed by atoms with Crippen molar-refractivity contribution < 1.29 is 26.3 Å². The quantitative estimate of drug-likeness (QED) is 0.526. The van der Waals surface area contributed by atoms with Crippen molar-refractivity contribution in [1.82, 2.24) is 18.6 Å². The third-order valence-electron chi connectivity index (χ3n) is 7.40. The van der Waals surface area contributed by atoms with Crippen LogP contribution in [0.25, 0.3) is 0 Å². The molecule has 2 fully saturated rings. The van der Waals surface area contributed by atoms with Gasteiger partial charge in [0.15, 0.2) is 11.5 Å². The number of hydrogen-bond donors (Lipinski definition) is 2. The van der Waals surface area contributed by atoms with Gasteiger partial charge in [-0.15, -0.1) is 0 Å². The van der Waals surface area contributed by atoms with E-state index in [9.17, 15) is 16.8 Å². The van der Waals surface area contributed by atoms with Gasteiger partial charge >= 0.3 is 0 Å². The Kier molecular flexibility index (Phi) is 6.34. The number of rotatable bonds is 7. The molecule has 0 unspecified atom stereocenters. The zero-order chi connectivity index (χ0) is 23.2. The third-order valence-corrected chi connectivity index (χ3v) is 10.5. The Morgan fingerprint density at radius 3 is 2.70 bits per heavy atom. The average molecular weight is 501 g/mol. The fraction of sp³-hybridized carbons (Fsp3) is 0.714. The maximum atomic E-state index is 13.3. The number of benzene rings is 1. The monoisotopic (exact) mass is 500 g/mol. The first-order chi connectivity index (χ1) is 15.8. The fourth-order valence-corrected chi connectivity index (χ4v) is 8.17. The van der Waals surface area contributed by atoms with Crippen LogP contribution in [-0.4, -0.2) is 77.9 Å². The van der Waals surface area contributed by atoms with Gasteiger partial charge in [-0.05, 0) is 61.3 Å². The number of fused-ring (bicyclic) bond motifs is 5. The summed E-state index contributed by atoms with van der Waals surface area (Å²) in [5.74, 6) is 1.83. The number of hydrogen-bond acceptors (Lipinski definition) is 7. The first-order valence-electron chi connectivity index (χ1n) is 11.6. The van der Waals surface area contributed by atoms with Crippen molar-refractivity contribution in [2.75, 3.05) is 45.8 Å². The number of sulfonamides is 1. The highest BCUT2D eigenvalue weighted by atomic mass is 32.2. The van der Waals surface area contributed by atoms with Crippen LogP contribution in [-0.2, 0) is 26.7 Å². The van der Waals surface area contributed by atoms with Crippen molar-refractivity contribution in [3.05, 3.63) is 23.3 Å². The molecule has 0 aromatic heterocycles. The van der Waals surface area contributed by atoms with Gasteiger partial charge < -0.3 is 9.47 Å². The molecule has 4 aliphatic rings. The van der Waals surface area contributed by atoms with E-state index < -0.39 is 20.2 Å². The van der Waals surface area contributed by atoms with Crippen LogP contribution in [0.1, 0.15) is 42.9 Å². The minimum Gasteiger partial charge on any atom is -0.454 e. The zero-order valence-electron chi connectivity index (χ0n) is 18.8. The maximum Gasteiger partial charge on any atom is 0.276 e. The van der Waals surface area contributed by atoms with Gasteiger partial charge in [-0.2, -0.15) is 12.7 Å². The molecular weight excluding hydrogens is 468 g/mol. The van der Waals surface area contributed by atoms with Crippen molar-refractivity contribution in [2.24, 2.45) is 5.92 Å². The molecule has 5 rings (SSSR count). The van der Waals surface area contributed by atoms with E-state index in [0.29, 0.717) is 12.5 Å². The number of nitrogens with one attached hydrogen (secondary N) is 2. The van der Waals surface area contributed by atoms with Crippen molar-refractivity contribution in [3.63, 3.8) is 0 Å². The maximum absolute atomic E-state index is 13.3. The molecule has 4 aliphatic heterocycles. The Labute approximate surface area is 195 Å². The van der Waals surface area contributed by atoms with Gasteiger partial charge in [-0.1, -0.05) is 0 Å². The Balaban J connectivity index is 1.32. The van der Waals surface area contributed by atoms with E-state index in [1.54, 1.807) is 4.31 Å². The molecule has 12 heteroatoms. The first kappa shape index (κ1) is 23.3. The molecule has 1 aromatic rings. The lowest BCUT2D eigenvalue weighted by molar-refractivity contribution is 0.0219. The van der Waals surface area contributed by atoms with E-state index in [1.807, 2.05) is 0 Å². The average Bonchev–Trinajstić information content (AvgIpc) is 3.26. The second-order valence-corrected chi connectivity index (χ2v) is 13.0. The second kappa shape index (κ2) is 8.97. The van der Waals surface area contributed by atoms with Crippen LogP contribution in [0.2, 0.25) is 0 Å². The molecule has 0 saturated carbocycles. The summed E-state index contributed by atoms with van der Waals surface area (Å²) in [5, 5.41) is 0. The van der Waals surface area contributed by atoms with Gasteiger partial charge in [0.25, 0.3) is 10.2 Å². The Morgan fingerprint density at radius 2 is 1.91 bits per heavy atom. The van der Waals surface area contributed by atoms with Crippen LogP contribution in [0.3, 0.4) is 0 Å². The van der Waals surface area contributed by atoms with Gasteiger partial charge in [0.1, 0.15) is 0 Å². The van der Waals surface area contributed by atoms with Crippen LogP contribution < -0.4 is 18.9 Å². The molecule has 1 aromatic carbocycles. The minimum absolute atomic E-state index is 0.0321. The number of piperidine rings is 2. The molecule has 2 saturated heterocycles. The summed E-state index contributed by atoms with van der Waals surface area (Å²) in [6.07, 6.45) is 3.86. The summed E-state index contributed by atoms with van der Waals surface area (Å²) in [5.41, 5.74) is 2.49. The van der Waals surface area contributed by atoms with Crippen LogP contribution in [0, 0.1) is 5.92 Å². The standard InChI is InChI=1S/C21H32N4O6S2/c1-22-33(28,29)23-6-3-9-32(26,27)25-7-2-4-16-13-24-8-5-15-10-20-21(31-14-30-20)11-17(15)19(24)12-18(16)25/h10-11,16,18-19,22-23H,2-9,12-14H2,1H3/t16-,18+,19+/m1/s1. The molecule has 0 spiro atoms. The van der Waals surface area contributed by atoms with E-state index in [2.05, 4.69) is 26.5 Å². The summed E-state index contributed by atoms with van der Waals surface area (Å²) in [4.78, 5) is 2.51. The molecule has 0 amide bonds. The molecule has 33 heavy (non-hydrogen) atoms. The Morgan fingerprint density at radius 1 is 1.12 bits per heavy atom. The lowest BCUT2D eigenvalue weighted by atomic mass is 9.77. The minimum atomic E-state index is -3.56. The van der Waals surface area contributed by atoms with E-state index in [1.165, 1.54) is 18.2 Å². The summed E-state index contributed by atoms with van der Waals surface area (Å²) in [7, 11) is -5.73. The van der Waals surface area contributed by atoms with Crippen LogP contribution >= 0.6 is 0 Å². The van der Waals surface area contributed by atoms with Crippen molar-refractivity contribution in [1.29, 1.82) is 0 Å². The Bertz CT molecular complexity index is 1110. The highest BCUT2D eigenvalue weighted by Crippen LogP contribution is 2.46. The fourth-order valence-electron chi connectivity index (χ4n) is 5.79. The molecule has 4 heterocycles. The predicted molar refractivity (Wildman–Crippen MR) is 123 cm³/mol. The van der Waals surface area contributed by atoms with Crippen LogP contribution in [0.15, 0.2) is 12.1 Å². The van der Waals surface area contributed by atoms with Gasteiger partial charge in [0.05, 0.1) is 5.75 Å². The summed E-state index contributed by atoms with van der Waals surface area (Å²) in [6, 6.07) is 4.31. The molecule has 2 N–H and O–H groups in total. The van der Waals surface area contributed by atoms with E-state index in [4.69, 9.17) is 9.47 Å². The highest BCUT2D eigenvalue weighted by molar-refractivity contribution is 7.89. The van der Waals surface area contributed by atoms with Gasteiger partial charge in [-0.3, -0.25) is 4.90 Å². The molecule has 10 nitrogen and oxygen atoms in total. The lowest BCUT2D eigenvalue weighted by Gasteiger charge is -2.51. The first-order valence-corrected chi connectivity index (χ1v) is 14.7. The van der Waals surface area contributed by atoms with Crippen LogP contribution in [0.5, 0.6) is 11.5 Å². The second-order valence-electron chi connectivity index (χ2n) is 9.25. The van der Waals surface area contributed by atoms with Gasteiger partial charge in [0.2, 0.25) is 16.8 Å². The van der Waals surface area contributed by atoms with E-state index >= 15 is 0 Å². The number of nitrogens with zero attached hydrogens (tertiary/aromatic N) is 2. The predicted octanol–water partition coefficient (Wildman–Crippen LogP) is 0.573. The van der Waals surface area contributed by atoms with Gasteiger partial charge in [0, 0.05) is 45.3 Å². The smallest absolute Gasteiger partial charge is 0.276 e. The normalized spacial score (nSPS) is 27.6. The Hall–Kier alpha value is -1.44. The molecule has 0 bridgehead atoms. The molecular formula is C21H32N4O6S2. The molecule has 184 valence electrons. The molecule has 3 atom stereocenters. The molecule has 0 aliphatic carbocycles. The van der Waals surface area contributed by atoms with E-state index in [-0.39, 0.29) is 37.6 Å². The van der Waals surface area contributed by atoms with Crippen molar-refractivity contribution >= 4 is 20.2 Å². The lowest BCUT2D eigenvalue weighted by Crippen LogP contribution is -2.57. The van der Waals surface area contributed by atoms with Gasteiger partial charge in [-0.25, -0.2) is 17.9 Å². The van der Waals surface area contributed by atoms with Crippen LogP contribution in [0.4, 0.5) is 0 Å². The third kappa shape index (κ3) is 4.61. The topological polar surface area (TPSA) is 117 Å². The van der Waals surface area contributed by atoms with Crippen molar-refractivity contribution in [2.45, 2.75) is 44.2 Å². The largest absolute Gasteiger partial charge is 0.454 e. The summed E-state index contributed by atoms with van der Waals surface area (Å²) >= 11 is 0. The summed E-state index contributed by atoms with van der Waals surface area (Å²) < 4.78 is 67.0. The zero-order valence-corrected chi connectivity index (χ0v) is 20.5. The van der Waals surface area contributed by atoms with Crippen molar-refractivity contribution in [3.8, 4) is 11.5 Å². The molecule has 0 radical (unpaired) electrons. The number of ether oxygens (including phenoxy) is 2. The highest BCUT2D eigenvalue weighted by Gasteiger charge is 2.46. The van der Waals surface area contributed by atoms with E-state index in [0.717, 1.165) is 50.3 Å². The SMILES string of the molecule is CNS(=O)(=O)NCCCS(=O)(=O)N1CCC[C@@H]2CN3CCc4cc5c(cc4[C@@H]3C[C@@H]21)OCO5. The summed E-state index contributed by atoms with van der Waals surface area (Å²) in [6.45, 7) is 2.73.